The molecule has 0 aromatic heterocycles. The maximum atomic E-state index is 12.7. The maximum Gasteiger partial charge on any atom is 0.235 e. The Bertz CT molecular complexity index is 490. The number of nitrogens with zero attached hydrogens (tertiary/aromatic N) is 2. The van der Waals surface area contributed by atoms with Crippen molar-refractivity contribution in [3.8, 4) is 0 Å². The highest BCUT2D eigenvalue weighted by molar-refractivity contribution is 6.10. The summed E-state index contributed by atoms with van der Waals surface area (Å²) in [6.07, 6.45) is 2.97. The summed E-state index contributed by atoms with van der Waals surface area (Å²) in [5.41, 5.74) is -0.738. The summed E-state index contributed by atoms with van der Waals surface area (Å²) in [6, 6.07) is 0.0804. The predicted molar refractivity (Wildman–Crippen MR) is 72.8 cm³/mol. The van der Waals surface area contributed by atoms with Crippen molar-refractivity contribution in [3.05, 3.63) is 0 Å². The van der Waals surface area contributed by atoms with Crippen LogP contribution in [0.2, 0.25) is 0 Å². The van der Waals surface area contributed by atoms with E-state index in [0.29, 0.717) is 12.8 Å². The van der Waals surface area contributed by atoms with Gasteiger partial charge in [-0.25, -0.2) is 0 Å². The second kappa shape index (κ2) is 4.38. The van der Waals surface area contributed by atoms with E-state index in [1.54, 1.807) is 7.05 Å². The zero-order valence-corrected chi connectivity index (χ0v) is 12.4. The van der Waals surface area contributed by atoms with Gasteiger partial charge in [0.2, 0.25) is 11.8 Å². The lowest BCUT2D eigenvalue weighted by atomic mass is 9.74. The van der Waals surface area contributed by atoms with Crippen LogP contribution in [0.1, 0.15) is 39.5 Å². The van der Waals surface area contributed by atoms with E-state index < -0.39 is 11.5 Å². The van der Waals surface area contributed by atoms with Gasteiger partial charge in [-0.1, -0.05) is 13.8 Å². The first kappa shape index (κ1) is 13.7. The lowest BCUT2D eigenvalue weighted by Gasteiger charge is -2.39. The number of Topliss-reactive ketones (excluding diaryl/α,β-unsaturated/α-hetero) is 1. The lowest BCUT2D eigenvalue weighted by molar-refractivity contribution is -0.145. The van der Waals surface area contributed by atoms with Crippen molar-refractivity contribution in [2.24, 2.45) is 11.8 Å². The Morgan fingerprint density at radius 3 is 2.60 bits per heavy atom. The molecule has 2 amide bonds. The molecule has 0 unspecified atom stereocenters. The minimum Gasteiger partial charge on any atom is -0.298 e. The van der Waals surface area contributed by atoms with Crippen molar-refractivity contribution < 1.29 is 14.4 Å². The molecule has 3 heterocycles. The summed E-state index contributed by atoms with van der Waals surface area (Å²) >= 11 is 0. The molecule has 20 heavy (non-hydrogen) atoms. The Hall–Kier alpha value is -1.23. The molecule has 3 aliphatic rings. The number of hydrogen-bond donors (Lipinski definition) is 0. The smallest absolute Gasteiger partial charge is 0.235 e. The summed E-state index contributed by atoms with van der Waals surface area (Å²) in [6.45, 7) is 4.66. The number of carbonyl (C=O) groups is 3. The van der Waals surface area contributed by atoms with Crippen LogP contribution in [0.5, 0.6) is 0 Å². The third kappa shape index (κ3) is 1.34. The average molecular weight is 278 g/mol. The summed E-state index contributed by atoms with van der Waals surface area (Å²) < 4.78 is 0. The second-order valence-corrected chi connectivity index (χ2v) is 6.20. The monoisotopic (exact) mass is 278 g/mol. The van der Waals surface area contributed by atoms with Gasteiger partial charge in [-0.3, -0.25) is 24.2 Å². The molecule has 3 fully saturated rings. The van der Waals surface area contributed by atoms with Gasteiger partial charge in [0.1, 0.15) is 0 Å². The number of imide groups is 1. The first-order chi connectivity index (χ1) is 9.50. The first-order valence-electron chi connectivity index (χ1n) is 7.62. The Balaban J connectivity index is 2.15. The number of hydrogen-bond acceptors (Lipinski definition) is 4. The Labute approximate surface area is 119 Å². The van der Waals surface area contributed by atoms with Crippen molar-refractivity contribution >= 4 is 17.6 Å². The number of amides is 2. The van der Waals surface area contributed by atoms with Gasteiger partial charge in [-0.15, -0.1) is 0 Å². The fraction of sp³-hybridized carbons (Fsp3) is 0.800. The van der Waals surface area contributed by atoms with Gasteiger partial charge in [0.15, 0.2) is 5.78 Å². The highest BCUT2D eigenvalue weighted by Crippen LogP contribution is 2.53. The minimum absolute atomic E-state index is 0.0804. The van der Waals surface area contributed by atoms with Crippen molar-refractivity contribution in [3.63, 3.8) is 0 Å². The summed E-state index contributed by atoms with van der Waals surface area (Å²) in [7, 11) is 1.55. The topological polar surface area (TPSA) is 57.7 Å². The van der Waals surface area contributed by atoms with E-state index in [4.69, 9.17) is 0 Å². The molecule has 4 atom stereocenters. The van der Waals surface area contributed by atoms with Crippen LogP contribution in [0.4, 0.5) is 0 Å². The molecule has 110 valence electrons. The zero-order valence-electron chi connectivity index (χ0n) is 12.4. The standard InChI is InChI=1S/C15H22N2O3/c1-4-10(18)15(5-2)12-11(9-7-6-8-17(9)15)13(19)16(3)14(12)20/h9,11-12H,4-8H2,1-3H3/t9-,11+,12-,15-/m0/s1. The first-order valence-corrected chi connectivity index (χ1v) is 7.62. The van der Waals surface area contributed by atoms with Crippen molar-refractivity contribution in [2.45, 2.75) is 51.1 Å². The van der Waals surface area contributed by atoms with Crippen LogP contribution in [-0.4, -0.2) is 52.6 Å². The lowest BCUT2D eigenvalue weighted by Crippen LogP contribution is -2.56. The Morgan fingerprint density at radius 2 is 2.00 bits per heavy atom. The number of likely N-dealkylation sites (tertiary alicyclic amines) is 1. The van der Waals surface area contributed by atoms with Crippen molar-refractivity contribution in [1.29, 1.82) is 0 Å². The van der Waals surface area contributed by atoms with Crippen LogP contribution in [0, 0.1) is 11.8 Å². The molecule has 0 aromatic carbocycles. The fourth-order valence-electron chi connectivity index (χ4n) is 4.82. The van der Waals surface area contributed by atoms with E-state index >= 15 is 0 Å². The maximum absolute atomic E-state index is 12.7. The normalized spacial score (nSPS) is 40.4. The van der Waals surface area contributed by atoms with Crippen molar-refractivity contribution in [1.82, 2.24) is 9.80 Å². The van der Waals surface area contributed by atoms with Crippen LogP contribution < -0.4 is 0 Å². The minimum atomic E-state index is -0.738. The molecule has 0 N–H and O–H groups in total. The van der Waals surface area contributed by atoms with Gasteiger partial charge < -0.3 is 0 Å². The van der Waals surface area contributed by atoms with E-state index in [0.717, 1.165) is 19.4 Å². The van der Waals surface area contributed by atoms with E-state index in [-0.39, 0.29) is 29.6 Å². The summed E-state index contributed by atoms with van der Waals surface area (Å²) in [5, 5.41) is 0. The van der Waals surface area contributed by atoms with Gasteiger partial charge in [0, 0.05) is 19.5 Å². The van der Waals surface area contributed by atoms with Gasteiger partial charge in [-0.2, -0.15) is 0 Å². The largest absolute Gasteiger partial charge is 0.298 e. The highest BCUT2D eigenvalue weighted by Gasteiger charge is 2.70. The molecule has 0 bridgehead atoms. The van der Waals surface area contributed by atoms with Crippen LogP contribution in [0.3, 0.4) is 0 Å². The van der Waals surface area contributed by atoms with Gasteiger partial charge in [0.05, 0.1) is 17.4 Å². The Morgan fingerprint density at radius 1 is 1.30 bits per heavy atom. The third-order valence-corrected chi connectivity index (χ3v) is 5.66. The van der Waals surface area contributed by atoms with Crippen LogP contribution in [0.25, 0.3) is 0 Å². The second-order valence-electron chi connectivity index (χ2n) is 6.20. The SMILES string of the molecule is CCC(=O)[C@@]1(CC)[C@@H]2C(=O)N(C)C(=O)[C@@H]2[C@@H]2CCCN21. The molecule has 0 spiro atoms. The van der Waals surface area contributed by atoms with E-state index in [1.165, 1.54) is 4.90 Å². The molecule has 5 nitrogen and oxygen atoms in total. The average Bonchev–Trinajstić information content (AvgIpc) is 3.07. The predicted octanol–water partition coefficient (Wildman–Crippen LogP) is 0.823. The van der Waals surface area contributed by atoms with Gasteiger partial charge >= 0.3 is 0 Å². The molecule has 0 saturated carbocycles. The number of fused-ring (bicyclic) bond motifs is 3. The fourth-order valence-corrected chi connectivity index (χ4v) is 4.82. The third-order valence-electron chi connectivity index (χ3n) is 5.66. The molecule has 3 saturated heterocycles. The molecule has 3 rings (SSSR count). The molecular formula is C15H22N2O3. The summed E-state index contributed by atoms with van der Waals surface area (Å²) in [5.74, 6) is -0.877. The number of rotatable bonds is 3. The van der Waals surface area contributed by atoms with Crippen LogP contribution in [-0.2, 0) is 14.4 Å². The molecular weight excluding hydrogens is 256 g/mol. The van der Waals surface area contributed by atoms with E-state index in [9.17, 15) is 14.4 Å². The van der Waals surface area contributed by atoms with Crippen LogP contribution in [0.15, 0.2) is 0 Å². The molecule has 0 aliphatic carbocycles. The molecule has 3 aliphatic heterocycles. The Kier molecular flexibility index (Phi) is 3.01. The van der Waals surface area contributed by atoms with Crippen molar-refractivity contribution in [2.75, 3.05) is 13.6 Å². The molecule has 0 radical (unpaired) electrons. The quantitative estimate of drug-likeness (QED) is 0.717. The highest BCUT2D eigenvalue weighted by atomic mass is 16.2. The van der Waals surface area contributed by atoms with E-state index in [1.807, 2.05) is 13.8 Å². The molecule has 0 aromatic rings. The van der Waals surface area contributed by atoms with Crippen LogP contribution >= 0.6 is 0 Å². The van der Waals surface area contributed by atoms with Gasteiger partial charge in [0.25, 0.3) is 0 Å². The van der Waals surface area contributed by atoms with E-state index in [2.05, 4.69) is 4.90 Å². The van der Waals surface area contributed by atoms with Gasteiger partial charge in [-0.05, 0) is 25.8 Å². The number of carbonyl (C=O) groups excluding carboxylic acids is 3. The zero-order chi connectivity index (χ0) is 14.7. The number of ketones is 1. The molecule has 5 heteroatoms. The summed E-state index contributed by atoms with van der Waals surface area (Å²) in [4.78, 5) is 41.1.